The molecule has 0 bridgehead atoms. The number of methoxy groups -OCH3 is 1. The van der Waals surface area contributed by atoms with Gasteiger partial charge in [-0.1, -0.05) is 6.07 Å². The van der Waals surface area contributed by atoms with E-state index in [9.17, 15) is 0 Å². The number of nitrogens with zero attached hydrogens (tertiary/aromatic N) is 1. The standard InChI is InChI=1S/C12H20N2O2/c1-10(5-4-8-15)14-9-11-6-3-7-13-12(11)16-2/h3,6-7,10,14-15H,4-5,8-9H2,1-2H3. The van der Waals surface area contributed by atoms with E-state index in [2.05, 4.69) is 17.2 Å². The highest BCUT2D eigenvalue weighted by molar-refractivity contribution is 5.25. The van der Waals surface area contributed by atoms with Gasteiger partial charge in [-0.2, -0.15) is 0 Å². The van der Waals surface area contributed by atoms with Gasteiger partial charge in [0.2, 0.25) is 5.88 Å². The Morgan fingerprint density at radius 3 is 3.06 bits per heavy atom. The molecule has 16 heavy (non-hydrogen) atoms. The zero-order valence-corrected chi connectivity index (χ0v) is 9.94. The predicted octanol–water partition coefficient (Wildman–Crippen LogP) is 1.34. The summed E-state index contributed by atoms with van der Waals surface area (Å²) in [6, 6.07) is 4.28. The Hall–Kier alpha value is -1.13. The molecule has 0 fully saturated rings. The van der Waals surface area contributed by atoms with Crippen molar-refractivity contribution in [2.75, 3.05) is 13.7 Å². The Morgan fingerprint density at radius 2 is 2.38 bits per heavy atom. The second-order valence-electron chi connectivity index (χ2n) is 3.82. The molecule has 0 aliphatic rings. The van der Waals surface area contributed by atoms with Crippen molar-refractivity contribution >= 4 is 0 Å². The zero-order valence-electron chi connectivity index (χ0n) is 9.94. The van der Waals surface area contributed by atoms with Gasteiger partial charge < -0.3 is 15.2 Å². The van der Waals surface area contributed by atoms with Crippen LogP contribution in [-0.4, -0.2) is 29.8 Å². The van der Waals surface area contributed by atoms with Gasteiger partial charge in [0.25, 0.3) is 0 Å². The van der Waals surface area contributed by atoms with Crippen molar-refractivity contribution in [3.05, 3.63) is 23.9 Å². The van der Waals surface area contributed by atoms with Gasteiger partial charge in [0.15, 0.2) is 0 Å². The van der Waals surface area contributed by atoms with E-state index in [1.165, 1.54) is 0 Å². The largest absolute Gasteiger partial charge is 0.481 e. The molecule has 1 aromatic heterocycles. The normalized spacial score (nSPS) is 12.4. The third-order valence-electron chi connectivity index (χ3n) is 2.48. The van der Waals surface area contributed by atoms with Crippen LogP contribution < -0.4 is 10.1 Å². The van der Waals surface area contributed by atoms with E-state index in [0.29, 0.717) is 11.9 Å². The summed E-state index contributed by atoms with van der Waals surface area (Å²) in [5.41, 5.74) is 1.06. The highest BCUT2D eigenvalue weighted by atomic mass is 16.5. The number of ether oxygens (including phenoxy) is 1. The second kappa shape index (κ2) is 7.19. The fourth-order valence-electron chi connectivity index (χ4n) is 1.53. The molecule has 2 N–H and O–H groups in total. The molecular formula is C12H20N2O2. The van der Waals surface area contributed by atoms with Crippen LogP contribution in [-0.2, 0) is 6.54 Å². The molecule has 0 spiro atoms. The third-order valence-corrected chi connectivity index (χ3v) is 2.48. The van der Waals surface area contributed by atoms with Crippen LogP contribution in [0.25, 0.3) is 0 Å². The Morgan fingerprint density at radius 1 is 1.56 bits per heavy atom. The highest BCUT2D eigenvalue weighted by Gasteiger charge is 2.05. The van der Waals surface area contributed by atoms with Gasteiger partial charge in [0.1, 0.15) is 0 Å². The summed E-state index contributed by atoms with van der Waals surface area (Å²) >= 11 is 0. The molecule has 4 heteroatoms. The summed E-state index contributed by atoms with van der Waals surface area (Å²) in [6.45, 7) is 3.10. The minimum Gasteiger partial charge on any atom is -0.481 e. The lowest BCUT2D eigenvalue weighted by atomic mass is 10.2. The lowest BCUT2D eigenvalue weighted by Gasteiger charge is -2.14. The fourth-order valence-corrected chi connectivity index (χ4v) is 1.53. The maximum Gasteiger partial charge on any atom is 0.217 e. The zero-order chi connectivity index (χ0) is 11.8. The van der Waals surface area contributed by atoms with Gasteiger partial charge >= 0.3 is 0 Å². The summed E-state index contributed by atoms with van der Waals surface area (Å²) < 4.78 is 5.17. The lowest BCUT2D eigenvalue weighted by molar-refractivity contribution is 0.276. The fraction of sp³-hybridized carbons (Fsp3) is 0.583. The van der Waals surface area contributed by atoms with Gasteiger partial charge in [-0.05, 0) is 25.8 Å². The SMILES string of the molecule is COc1ncccc1CNC(C)CCCO. The highest BCUT2D eigenvalue weighted by Crippen LogP contribution is 2.13. The van der Waals surface area contributed by atoms with Crippen molar-refractivity contribution in [1.29, 1.82) is 0 Å². The number of pyridine rings is 1. The molecule has 0 radical (unpaired) electrons. The van der Waals surface area contributed by atoms with Crippen molar-refractivity contribution < 1.29 is 9.84 Å². The first-order chi connectivity index (χ1) is 7.77. The number of rotatable bonds is 7. The first-order valence-corrected chi connectivity index (χ1v) is 5.60. The molecular weight excluding hydrogens is 204 g/mol. The van der Waals surface area contributed by atoms with Crippen molar-refractivity contribution in [2.24, 2.45) is 0 Å². The third kappa shape index (κ3) is 4.16. The van der Waals surface area contributed by atoms with E-state index in [0.717, 1.165) is 24.9 Å². The van der Waals surface area contributed by atoms with Crippen LogP contribution in [0.5, 0.6) is 5.88 Å². The molecule has 0 aromatic carbocycles. The van der Waals surface area contributed by atoms with Gasteiger partial charge in [-0.25, -0.2) is 4.98 Å². The molecule has 0 saturated carbocycles. The van der Waals surface area contributed by atoms with E-state index in [-0.39, 0.29) is 6.61 Å². The van der Waals surface area contributed by atoms with Crippen molar-refractivity contribution in [3.8, 4) is 5.88 Å². The van der Waals surface area contributed by atoms with E-state index < -0.39 is 0 Å². The first kappa shape index (κ1) is 12.9. The van der Waals surface area contributed by atoms with E-state index in [4.69, 9.17) is 9.84 Å². The lowest BCUT2D eigenvalue weighted by Crippen LogP contribution is -2.25. The molecule has 1 aromatic rings. The summed E-state index contributed by atoms with van der Waals surface area (Å²) in [4.78, 5) is 4.14. The quantitative estimate of drug-likeness (QED) is 0.734. The van der Waals surface area contributed by atoms with E-state index in [1.807, 2.05) is 12.1 Å². The molecule has 1 rings (SSSR count). The van der Waals surface area contributed by atoms with Crippen LogP contribution in [0.4, 0.5) is 0 Å². The molecule has 0 aliphatic heterocycles. The molecule has 90 valence electrons. The van der Waals surface area contributed by atoms with Crippen LogP contribution in [0.2, 0.25) is 0 Å². The molecule has 0 aliphatic carbocycles. The van der Waals surface area contributed by atoms with Crippen LogP contribution in [0.1, 0.15) is 25.3 Å². The van der Waals surface area contributed by atoms with Crippen LogP contribution in [0.3, 0.4) is 0 Å². The number of hydrogen-bond acceptors (Lipinski definition) is 4. The molecule has 0 saturated heterocycles. The van der Waals surface area contributed by atoms with Crippen LogP contribution in [0, 0.1) is 0 Å². The molecule has 1 atom stereocenters. The summed E-state index contributed by atoms with van der Waals surface area (Å²) in [7, 11) is 1.63. The Bertz CT molecular complexity index is 305. The second-order valence-corrected chi connectivity index (χ2v) is 3.82. The maximum atomic E-state index is 8.72. The average molecular weight is 224 g/mol. The van der Waals surface area contributed by atoms with Crippen molar-refractivity contribution in [3.63, 3.8) is 0 Å². The number of hydrogen-bond donors (Lipinski definition) is 2. The van der Waals surface area contributed by atoms with Crippen LogP contribution >= 0.6 is 0 Å². The van der Waals surface area contributed by atoms with Crippen LogP contribution in [0.15, 0.2) is 18.3 Å². The minimum atomic E-state index is 0.252. The van der Waals surface area contributed by atoms with Gasteiger partial charge in [0.05, 0.1) is 7.11 Å². The van der Waals surface area contributed by atoms with Gasteiger partial charge in [-0.15, -0.1) is 0 Å². The van der Waals surface area contributed by atoms with Crippen molar-refractivity contribution in [1.82, 2.24) is 10.3 Å². The summed E-state index contributed by atoms with van der Waals surface area (Å²) in [5.74, 6) is 0.671. The molecule has 1 unspecified atom stereocenters. The van der Waals surface area contributed by atoms with E-state index >= 15 is 0 Å². The number of nitrogens with one attached hydrogen (secondary N) is 1. The summed E-state index contributed by atoms with van der Waals surface area (Å²) in [5, 5.41) is 12.1. The maximum absolute atomic E-state index is 8.72. The Labute approximate surface area is 96.7 Å². The van der Waals surface area contributed by atoms with E-state index in [1.54, 1.807) is 13.3 Å². The molecule has 0 amide bonds. The number of aromatic nitrogens is 1. The Kier molecular flexibility index (Phi) is 5.82. The smallest absolute Gasteiger partial charge is 0.217 e. The number of aliphatic hydroxyl groups excluding tert-OH is 1. The predicted molar refractivity (Wildman–Crippen MR) is 63.4 cm³/mol. The molecule has 4 nitrogen and oxygen atoms in total. The summed E-state index contributed by atoms with van der Waals surface area (Å²) in [6.07, 6.45) is 3.52. The first-order valence-electron chi connectivity index (χ1n) is 5.60. The monoisotopic (exact) mass is 224 g/mol. The van der Waals surface area contributed by atoms with Gasteiger partial charge in [0, 0.05) is 31.0 Å². The Balaban J connectivity index is 2.41. The minimum absolute atomic E-state index is 0.252. The van der Waals surface area contributed by atoms with Crippen molar-refractivity contribution in [2.45, 2.75) is 32.4 Å². The van der Waals surface area contributed by atoms with Gasteiger partial charge in [-0.3, -0.25) is 0 Å². The average Bonchev–Trinajstić information content (AvgIpc) is 2.34. The molecule has 1 heterocycles. The number of aliphatic hydroxyl groups is 1. The topological polar surface area (TPSA) is 54.4 Å².